The summed E-state index contributed by atoms with van der Waals surface area (Å²) in [7, 11) is 1.74. The fourth-order valence-corrected chi connectivity index (χ4v) is 1.84. The summed E-state index contributed by atoms with van der Waals surface area (Å²) in [6.45, 7) is 0. The number of ether oxygens (including phenoxy) is 1. The molecule has 2 rings (SSSR count). The molecule has 1 N–H and O–H groups in total. The number of hydrogen-bond donors (Lipinski definition) is 1. The van der Waals surface area contributed by atoms with Crippen LogP contribution in [0.1, 0.15) is 0 Å². The second-order valence-electron chi connectivity index (χ2n) is 3.37. The molecule has 0 atom stereocenters. The van der Waals surface area contributed by atoms with Crippen molar-refractivity contribution in [2.75, 3.05) is 18.6 Å². The van der Waals surface area contributed by atoms with E-state index in [-0.39, 0.29) is 0 Å². The molecule has 0 saturated heterocycles. The first-order chi connectivity index (χ1) is 8.72. The molecule has 6 heteroatoms. The maximum Gasteiger partial charge on any atom is 0.243 e. The van der Waals surface area contributed by atoms with Crippen LogP contribution in [0.25, 0.3) is 0 Å². The van der Waals surface area contributed by atoms with E-state index in [1.807, 2.05) is 30.5 Å². The topological polar surface area (TPSA) is 47.0 Å². The Bertz CT molecular complexity index is 533. The molecule has 0 saturated carbocycles. The number of nitrogens with zero attached hydrogens (tertiary/aromatic N) is 2. The van der Waals surface area contributed by atoms with Gasteiger partial charge >= 0.3 is 0 Å². The van der Waals surface area contributed by atoms with Crippen LogP contribution in [0.15, 0.2) is 35.4 Å². The first kappa shape index (κ1) is 13.0. The standard InChI is InChI=1S/C12H12ClN3OS/c1-14-12-15-7-10(13)11(16-12)17-8-3-5-9(18-2)6-4-8/h3-7H,1-2H3,(H,14,15,16). The number of halogens is 1. The lowest BCUT2D eigenvalue weighted by molar-refractivity contribution is 0.462. The molecule has 94 valence electrons. The third-order valence-corrected chi connectivity index (χ3v) is 3.21. The quantitative estimate of drug-likeness (QED) is 0.866. The summed E-state index contributed by atoms with van der Waals surface area (Å²) in [5.74, 6) is 1.50. The lowest BCUT2D eigenvalue weighted by Gasteiger charge is -2.07. The molecule has 1 heterocycles. The van der Waals surface area contributed by atoms with Gasteiger partial charge in [-0.1, -0.05) is 11.6 Å². The zero-order valence-electron chi connectivity index (χ0n) is 9.98. The number of hydrogen-bond acceptors (Lipinski definition) is 5. The third kappa shape index (κ3) is 3.05. The molecule has 0 unspecified atom stereocenters. The molecule has 0 radical (unpaired) electrons. The van der Waals surface area contributed by atoms with E-state index in [2.05, 4.69) is 15.3 Å². The van der Waals surface area contributed by atoms with E-state index in [0.717, 1.165) is 0 Å². The van der Waals surface area contributed by atoms with E-state index in [1.165, 1.54) is 11.1 Å². The van der Waals surface area contributed by atoms with Crippen molar-refractivity contribution in [3.05, 3.63) is 35.5 Å². The molecule has 18 heavy (non-hydrogen) atoms. The van der Waals surface area contributed by atoms with Crippen molar-refractivity contribution < 1.29 is 4.74 Å². The SMILES string of the molecule is CNc1ncc(Cl)c(Oc2ccc(SC)cc2)n1. The smallest absolute Gasteiger partial charge is 0.243 e. The first-order valence-electron chi connectivity index (χ1n) is 5.25. The molecular formula is C12H12ClN3OS. The molecule has 0 bridgehead atoms. The van der Waals surface area contributed by atoms with Gasteiger partial charge in [-0.3, -0.25) is 0 Å². The number of nitrogens with one attached hydrogen (secondary N) is 1. The second-order valence-corrected chi connectivity index (χ2v) is 4.66. The molecule has 2 aromatic rings. The van der Waals surface area contributed by atoms with Gasteiger partial charge < -0.3 is 10.1 Å². The Morgan fingerprint density at radius 3 is 2.61 bits per heavy atom. The van der Waals surface area contributed by atoms with Crippen LogP contribution in [0.5, 0.6) is 11.6 Å². The van der Waals surface area contributed by atoms with Crippen molar-refractivity contribution in [2.45, 2.75) is 4.90 Å². The Labute approximate surface area is 115 Å². The summed E-state index contributed by atoms with van der Waals surface area (Å²) in [6, 6.07) is 7.72. The third-order valence-electron chi connectivity index (χ3n) is 2.21. The van der Waals surface area contributed by atoms with E-state index in [9.17, 15) is 0 Å². The minimum Gasteiger partial charge on any atom is -0.437 e. The van der Waals surface area contributed by atoms with Crippen LogP contribution < -0.4 is 10.1 Å². The van der Waals surface area contributed by atoms with Crippen LogP contribution in [0.3, 0.4) is 0 Å². The minimum absolute atomic E-state index is 0.341. The molecule has 0 aliphatic heterocycles. The average Bonchev–Trinajstić information content (AvgIpc) is 2.42. The summed E-state index contributed by atoms with van der Waals surface area (Å²) in [6.07, 6.45) is 3.53. The molecule has 1 aromatic heterocycles. The highest BCUT2D eigenvalue weighted by Gasteiger charge is 2.07. The van der Waals surface area contributed by atoms with E-state index < -0.39 is 0 Å². The molecule has 1 aromatic carbocycles. The maximum atomic E-state index is 5.98. The van der Waals surface area contributed by atoms with Crippen molar-refractivity contribution in [3.63, 3.8) is 0 Å². The van der Waals surface area contributed by atoms with E-state index in [0.29, 0.717) is 22.6 Å². The number of benzene rings is 1. The Morgan fingerprint density at radius 2 is 2.00 bits per heavy atom. The van der Waals surface area contributed by atoms with Crippen LogP contribution in [0.4, 0.5) is 5.95 Å². The van der Waals surface area contributed by atoms with Gasteiger partial charge in [0.2, 0.25) is 11.8 Å². The predicted octanol–water partition coefficient (Wildman–Crippen LogP) is 3.69. The van der Waals surface area contributed by atoms with Crippen molar-refractivity contribution in [1.29, 1.82) is 0 Å². The van der Waals surface area contributed by atoms with Gasteiger partial charge in [0.05, 0.1) is 6.20 Å². The molecule has 0 aliphatic carbocycles. The number of anilines is 1. The summed E-state index contributed by atoms with van der Waals surface area (Å²) in [5, 5.41) is 3.21. The zero-order chi connectivity index (χ0) is 13.0. The van der Waals surface area contributed by atoms with Crippen LogP contribution in [0.2, 0.25) is 5.02 Å². The van der Waals surface area contributed by atoms with Gasteiger partial charge in [-0.05, 0) is 30.5 Å². The molecule has 4 nitrogen and oxygen atoms in total. The van der Waals surface area contributed by atoms with Gasteiger partial charge in [0.15, 0.2) is 0 Å². The second kappa shape index (κ2) is 5.93. The highest BCUT2D eigenvalue weighted by Crippen LogP contribution is 2.28. The lowest BCUT2D eigenvalue weighted by atomic mass is 10.3. The Morgan fingerprint density at radius 1 is 1.28 bits per heavy atom. The van der Waals surface area contributed by atoms with Gasteiger partial charge in [-0.25, -0.2) is 4.98 Å². The fourth-order valence-electron chi connectivity index (χ4n) is 1.30. The maximum absolute atomic E-state index is 5.98. The molecular weight excluding hydrogens is 270 g/mol. The molecule has 0 aliphatic rings. The fraction of sp³-hybridized carbons (Fsp3) is 0.167. The minimum atomic E-state index is 0.341. The number of rotatable bonds is 4. The van der Waals surface area contributed by atoms with Gasteiger partial charge in [0.25, 0.3) is 0 Å². The highest BCUT2D eigenvalue weighted by atomic mass is 35.5. The summed E-state index contributed by atoms with van der Waals surface area (Å²) >= 11 is 7.66. The van der Waals surface area contributed by atoms with Crippen LogP contribution in [0, 0.1) is 0 Å². The van der Waals surface area contributed by atoms with E-state index in [4.69, 9.17) is 16.3 Å². The van der Waals surface area contributed by atoms with Crippen LogP contribution >= 0.6 is 23.4 Å². The van der Waals surface area contributed by atoms with E-state index in [1.54, 1.807) is 18.8 Å². The van der Waals surface area contributed by atoms with Gasteiger partial charge in [-0.15, -0.1) is 11.8 Å². The average molecular weight is 282 g/mol. The zero-order valence-corrected chi connectivity index (χ0v) is 11.5. The summed E-state index contributed by atoms with van der Waals surface area (Å²) < 4.78 is 5.62. The number of thioether (sulfide) groups is 1. The van der Waals surface area contributed by atoms with Crippen LogP contribution in [-0.4, -0.2) is 23.3 Å². The molecule has 0 spiro atoms. The van der Waals surface area contributed by atoms with Crippen molar-refractivity contribution >= 4 is 29.3 Å². The Hall–Kier alpha value is -1.46. The predicted molar refractivity (Wildman–Crippen MR) is 74.9 cm³/mol. The molecule has 0 amide bonds. The molecule has 0 fully saturated rings. The van der Waals surface area contributed by atoms with Crippen molar-refractivity contribution in [2.24, 2.45) is 0 Å². The van der Waals surface area contributed by atoms with Gasteiger partial charge in [-0.2, -0.15) is 4.98 Å². The first-order valence-corrected chi connectivity index (χ1v) is 6.85. The monoisotopic (exact) mass is 281 g/mol. The summed E-state index contributed by atoms with van der Waals surface area (Å²) in [5.41, 5.74) is 0. The Kier molecular flexibility index (Phi) is 4.28. The normalized spacial score (nSPS) is 10.2. The Balaban J connectivity index is 2.21. The van der Waals surface area contributed by atoms with Gasteiger partial charge in [0.1, 0.15) is 10.8 Å². The van der Waals surface area contributed by atoms with Crippen LogP contribution in [-0.2, 0) is 0 Å². The van der Waals surface area contributed by atoms with Gasteiger partial charge in [0, 0.05) is 11.9 Å². The number of aromatic nitrogens is 2. The van der Waals surface area contributed by atoms with Crippen molar-refractivity contribution in [3.8, 4) is 11.6 Å². The summed E-state index contributed by atoms with van der Waals surface area (Å²) in [4.78, 5) is 9.31. The highest BCUT2D eigenvalue weighted by molar-refractivity contribution is 7.98. The van der Waals surface area contributed by atoms with Crippen molar-refractivity contribution in [1.82, 2.24) is 9.97 Å². The lowest BCUT2D eigenvalue weighted by Crippen LogP contribution is -1.98. The largest absolute Gasteiger partial charge is 0.437 e. The van der Waals surface area contributed by atoms with E-state index >= 15 is 0 Å².